The van der Waals surface area contributed by atoms with Crippen molar-refractivity contribution in [3.63, 3.8) is 0 Å². The molecule has 0 saturated heterocycles. The first-order chi connectivity index (χ1) is 10.6. The quantitative estimate of drug-likeness (QED) is 0.947. The van der Waals surface area contributed by atoms with Crippen LogP contribution in [-0.4, -0.2) is 33.5 Å². The van der Waals surface area contributed by atoms with Crippen molar-refractivity contribution in [2.45, 2.75) is 23.9 Å². The van der Waals surface area contributed by atoms with Crippen molar-refractivity contribution < 1.29 is 4.79 Å². The number of amides is 2. The number of hydrogen-bond acceptors (Lipinski definition) is 3. The van der Waals surface area contributed by atoms with Gasteiger partial charge in [0.1, 0.15) is 0 Å². The van der Waals surface area contributed by atoms with Crippen LogP contribution in [-0.2, 0) is 13.6 Å². The molecule has 6 heteroatoms. The van der Waals surface area contributed by atoms with Crippen LogP contribution in [0.4, 0.5) is 4.79 Å². The van der Waals surface area contributed by atoms with Gasteiger partial charge in [0.15, 0.2) is 0 Å². The van der Waals surface area contributed by atoms with Gasteiger partial charge < -0.3 is 10.2 Å². The van der Waals surface area contributed by atoms with Crippen molar-refractivity contribution in [1.29, 1.82) is 0 Å². The number of carbonyl (C=O) groups excluding carboxylic acids is 1. The van der Waals surface area contributed by atoms with Crippen molar-refractivity contribution >= 4 is 17.8 Å². The van der Waals surface area contributed by atoms with Crippen LogP contribution in [0.2, 0.25) is 0 Å². The van der Waals surface area contributed by atoms with E-state index in [1.165, 1.54) is 10.5 Å². The largest absolute Gasteiger partial charge is 0.331 e. The van der Waals surface area contributed by atoms with Crippen molar-refractivity contribution in [3.05, 3.63) is 47.8 Å². The maximum atomic E-state index is 12.4. The van der Waals surface area contributed by atoms with Crippen molar-refractivity contribution in [3.8, 4) is 0 Å². The highest BCUT2D eigenvalue weighted by Crippen LogP contribution is 2.35. The Balaban J connectivity index is 1.64. The van der Waals surface area contributed by atoms with Crippen LogP contribution in [0, 0.1) is 0 Å². The summed E-state index contributed by atoms with van der Waals surface area (Å²) in [5.41, 5.74) is 2.25. The average molecular weight is 316 g/mol. The molecule has 0 radical (unpaired) electrons. The van der Waals surface area contributed by atoms with E-state index in [4.69, 9.17) is 0 Å². The van der Waals surface area contributed by atoms with Gasteiger partial charge in [-0.2, -0.15) is 5.10 Å². The molecule has 5 nitrogen and oxygen atoms in total. The molecule has 1 aromatic heterocycles. The lowest BCUT2D eigenvalue weighted by Gasteiger charge is -2.28. The lowest BCUT2D eigenvalue weighted by atomic mass is 10.0. The van der Waals surface area contributed by atoms with Gasteiger partial charge in [-0.05, 0) is 18.1 Å². The van der Waals surface area contributed by atoms with E-state index in [1.807, 2.05) is 44.2 Å². The average Bonchev–Trinajstić information content (AvgIpc) is 2.92. The van der Waals surface area contributed by atoms with Crippen LogP contribution in [0.15, 0.2) is 41.6 Å². The Labute approximate surface area is 134 Å². The third kappa shape index (κ3) is 3.27. The third-order valence-corrected chi connectivity index (χ3v) is 4.90. The van der Waals surface area contributed by atoms with E-state index in [2.05, 4.69) is 22.5 Å². The lowest BCUT2D eigenvalue weighted by Crippen LogP contribution is -2.39. The molecule has 1 unspecified atom stereocenters. The predicted molar refractivity (Wildman–Crippen MR) is 87.7 cm³/mol. The summed E-state index contributed by atoms with van der Waals surface area (Å²) in [5, 5.41) is 7.28. The highest BCUT2D eigenvalue weighted by Gasteiger charge is 2.23. The van der Waals surface area contributed by atoms with Gasteiger partial charge in [-0.1, -0.05) is 18.2 Å². The number of hydrogen-bond donors (Lipinski definition) is 1. The Hall–Kier alpha value is -1.95. The molecule has 0 aliphatic carbocycles. The number of aryl methyl sites for hydroxylation is 1. The van der Waals surface area contributed by atoms with Crippen LogP contribution in [0.5, 0.6) is 0 Å². The van der Waals surface area contributed by atoms with Gasteiger partial charge in [0.2, 0.25) is 0 Å². The van der Waals surface area contributed by atoms with Crippen LogP contribution >= 0.6 is 11.8 Å². The first kappa shape index (κ1) is 15.0. The molecule has 116 valence electrons. The summed E-state index contributed by atoms with van der Waals surface area (Å²) in [7, 11) is 3.69. The number of rotatable bonds is 3. The van der Waals surface area contributed by atoms with E-state index in [0.717, 1.165) is 17.7 Å². The summed E-state index contributed by atoms with van der Waals surface area (Å²) < 4.78 is 1.75. The summed E-state index contributed by atoms with van der Waals surface area (Å²) in [6.07, 6.45) is 4.68. The fourth-order valence-corrected chi connectivity index (χ4v) is 3.78. The smallest absolute Gasteiger partial charge is 0.317 e. The van der Waals surface area contributed by atoms with Gasteiger partial charge in [-0.3, -0.25) is 4.68 Å². The number of urea groups is 1. The molecule has 0 fully saturated rings. The molecule has 22 heavy (non-hydrogen) atoms. The summed E-state index contributed by atoms with van der Waals surface area (Å²) >= 11 is 1.86. The summed E-state index contributed by atoms with van der Waals surface area (Å²) in [6.45, 7) is 0.558. The third-order valence-electron chi connectivity index (χ3n) is 3.78. The number of thioether (sulfide) groups is 1. The highest BCUT2D eigenvalue weighted by molar-refractivity contribution is 7.99. The predicted octanol–water partition coefficient (Wildman–Crippen LogP) is 2.80. The molecule has 2 heterocycles. The van der Waals surface area contributed by atoms with Gasteiger partial charge in [-0.25, -0.2) is 4.79 Å². The number of nitrogens with one attached hydrogen (secondary N) is 1. The Kier molecular flexibility index (Phi) is 4.38. The van der Waals surface area contributed by atoms with E-state index < -0.39 is 0 Å². The Morgan fingerprint density at radius 3 is 3.09 bits per heavy atom. The minimum absolute atomic E-state index is 0.0458. The molecule has 1 aliphatic heterocycles. The molecule has 1 N–H and O–H groups in total. The molecule has 1 aliphatic rings. The number of aromatic nitrogens is 2. The van der Waals surface area contributed by atoms with E-state index >= 15 is 0 Å². The molecule has 1 atom stereocenters. The molecular weight excluding hydrogens is 296 g/mol. The molecule has 2 amide bonds. The molecule has 0 spiro atoms. The SMILES string of the molecule is CN(Cc1cnn(C)c1)C(=O)NC1CCSc2ccccc21. The zero-order valence-corrected chi connectivity index (χ0v) is 13.6. The highest BCUT2D eigenvalue weighted by atomic mass is 32.2. The molecule has 0 saturated carbocycles. The second-order valence-corrected chi connectivity index (χ2v) is 6.69. The van der Waals surface area contributed by atoms with Gasteiger partial charge >= 0.3 is 6.03 Å². The van der Waals surface area contributed by atoms with Crippen LogP contribution < -0.4 is 5.32 Å². The normalized spacial score (nSPS) is 16.9. The van der Waals surface area contributed by atoms with Gasteiger partial charge in [-0.15, -0.1) is 11.8 Å². The van der Waals surface area contributed by atoms with Crippen LogP contribution in [0.25, 0.3) is 0 Å². The number of fused-ring (bicyclic) bond motifs is 1. The van der Waals surface area contributed by atoms with E-state index in [0.29, 0.717) is 6.54 Å². The summed E-state index contributed by atoms with van der Waals surface area (Å²) in [4.78, 5) is 15.4. The Morgan fingerprint density at radius 2 is 2.32 bits per heavy atom. The lowest BCUT2D eigenvalue weighted by molar-refractivity contribution is 0.202. The fourth-order valence-electron chi connectivity index (χ4n) is 2.65. The number of nitrogens with zero attached hydrogens (tertiary/aromatic N) is 3. The van der Waals surface area contributed by atoms with Crippen molar-refractivity contribution in [2.75, 3.05) is 12.8 Å². The summed E-state index contributed by atoms with van der Waals surface area (Å²) in [5.74, 6) is 1.04. The standard InChI is InChI=1S/C16H20N4OS/c1-19(10-12-9-17-20(2)11-12)16(21)18-14-7-8-22-15-6-4-3-5-13(14)15/h3-6,9,11,14H,7-8,10H2,1-2H3,(H,18,21). The van der Waals surface area contributed by atoms with E-state index in [1.54, 1.807) is 15.8 Å². The van der Waals surface area contributed by atoms with Crippen LogP contribution in [0.3, 0.4) is 0 Å². The number of carbonyl (C=O) groups is 1. The molecule has 1 aromatic carbocycles. The second kappa shape index (κ2) is 6.44. The zero-order chi connectivity index (χ0) is 15.5. The molecular formula is C16H20N4OS. The molecule has 0 bridgehead atoms. The molecule has 2 aromatic rings. The Morgan fingerprint density at radius 1 is 1.50 bits per heavy atom. The molecule has 3 rings (SSSR count). The monoisotopic (exact) mass is 316 g/mol. The van der Waals surface area contributed by atoms with Crippen molar-refractivity contribution in [2.24, 2.45) is 7.05 Å². The minimum atomic E-state index is -0.0458. The summed E-state index contributed by atoms with van der Waals surface area (Å²) in [6, 6.07) is 8.36. The number of benzene rings is 1. The topological polar surface area (TPSA) is 50.2 Å². The first-order valence-corrected chi connectivity index (χ1v) is 8.33. The maximum Gasteiger partial charge on any atom is 0.317 e. The van der Waals surface area contributed by atoms with Gasteiger partial charge in [0.25, 0.3) is 0 Å². The zero-order valence-electron chi connectivity index (χ0n) is 12.8. The fraction of sp³-hybridized carbons (Fsp3) is 0.375. The van der Waals surface area contributed by atoms with Crippen LogP contribution in [0.1, 0.15) is 23.6 Å². The second-order valence-electron chi connectivity index (χ2n) is 5.56. The Bertz CT molecular complexity index is 670. The van der Waals surface area contributed by atoms with Gasteiger partial charge in [0, 0.05) is 36.5 Å². The maximum absolute atomic E-state index is 12.4. The minimum Gasteiger partial charge on any atom is -0.331 e. The van der Waals surface area contributed by atoms with E-state index in [9.17, 15) is 4.79 Å². The van der Waals surface area contributed by atoms with E-state index in [-0.39, 0.29) is 12.1 Å². The first-order valence-electron chi connectivity index (χ1n) is 7.34. The van der Waals surface area contributed by atoms with Gasteiger partial charge in [0.05, 0.1) is 18.8 Å². The van der Waals surface area contributed by atoms with Crippen molar-refractivity contribution in [1.82, 2.24) is 20.0 Å².